The SMILES string of the molecule is C[C@@H](Cc1c[nH]c2ccccc12)N1C(=O)[C@H]2CCCC[C@@H]2C1=O. The van der Waals surface area contributed by atoms with Crippen molar-refractivity contribution in [2.75, 3.05) is 0 Å². The molecule has 0 bridgehead atoms. The van der Waals surface area contributed by atoms with Gasteiger partial charge in [-0.15, -0.1) is 0 Å². The van der Waals surface area contributed by atoms with Crippen LogP contribution in [0.3, 0.4) is 0 Å². The number of likely N-dealkylation sites (tertiary alicyclic amines) is 1. The number of nitrogens with zero attached hydrogens (tertiary/aromatic N) is 1. The van der Waals surface area contributed by atoms with Crippen LogP contribution in [-0.4, -0.2) is 27.7 Å². The Hall–Kier alpha value is -2.10. The summed E-state index contributed by atoms with van der Waals surface area (Å²) in [7, 11) is 0. The zero-order chi connectivity index (χ0) is 16.0. The number of amides is 2. The predicted molar refractivity (Wildman–Crippen MR) is 88.8 cm³/mol. The van der Waals surface area contributed by atoms with Crippen molar-refractivity contribution in [3.05, 3.63) is 36.0 Å². The molecule has 0 spiro atoms. The van der Waals surface area contributed by atoms with E-state index in [-0.39, 0.29) is 29.7 Å². The van der Waals surface area contributed by atoms with E-state index in [1.165, 1.54) is 10.9 Å². The Morgan fingerprint density at radius 2 is 1.78 bits per heavy atom. The number of aromatic nitrogens is 1. The molecule has 2 aliphatic rings. The standard InChI is InChI=1S/C19H22N2O2/c1-12(10-13-11-20-17-9-5-4-6-14(13)17)21-18(22)15-7-2-3-8-16(15)19(21)23/h4-6,9,11-12,15-16,20H,2-3,7-8,10H2,1H3/t12-,15-,16-/m0/s1. The molecule has 1 saturated heterocycles. The fourth-order valence-corrected chi connectivity index (χ4v) is 4.33. The molecule has 4 nitrogen and oxygen atoms in total. The second-order valence-electron chi connectivity index (χ2n) is 6.96. The average molecular weight is 310 g/mol. The van der Waals surface area contributed by atoms with E-state index in [0.29, 0.717) is 6.42 Å². The number of nitrogens with one attached hydrogen (secondary N) is 1. The Morgan fingerprint density at radius 1 is 1.13 bits per heavy atom. The van der Waals surface area contributed by atoms with Crippen molar-refractivity contribution in [2.45, 2.75) is 45.1 Å². The normalized spacial score (nSPS) is 25.9. The summed E-state index contributed by atoms with van der Waals surface area (Å²) in [5.41, 5.74) is 2.27. The molecule has 1 aliphatic heterocycles. The fraction of sp³-hybridized carbons (Fsp3) is 0.474. The largest absolute Gasteiger partial charge is 0.361 e. The lowest BCUT2D eigenvalue weighted by molar-refractivity contribution is -0.142. The topological polar surface area (TPSA) is 53.2 Å². The molecule has 120 valence electrons. The van der Waals surface area contributed by atoms with E-state index in [2.05, 4.69) is 11.1 Å². The minimum absolute atomic E-state index is 0.0540. The van der Waals surface area contributed by atoms with Crippen LogP contribution in [-0.2, 0) is 16.0 Å². The van der Waals surface area contributed by atoms with Gasteiger partial charge in [0.1, 0.15) is 0 Å². The molecule has 2 amide bonds. The van der Waals surface area contributed by atoms with E-state index >= 15 is 0 Å². The van der Waals surface area contributed by atoms with Gasteiger partial charge in [0.25, 0.3) is 0 Å². The van der Waals surface area contributed by atoms with Crippen LogP contribution in [0, 0.1) is 11.8 Å². The summed E-state index contributed by atoms with van der Waals surface area (Å²) in [5, 5.41) is 1.18. The predicted octanol–water partition coefficient (Wildman–Crippen LogP) is 3.27. The van der Waals surface area contributed by atoms with E-state index < -0.39 is 0 Å². The summed E-state index contributed by atoms with van der Waals surface area (Å²) < 4.78 is 0. The summed E-state index contributed by atoms with van der Waals surface area (Å²) in [6.45, 7) is 1.99. The Morgan fingerprint density at radius 3 is 2.48 bits per heavy atom. The molecule has 3 atom stereocenters. The summed E-state index contributed by atoms with van der Waals surface area (Å²) in [5.74, 6) is 0.0161. The zero-order valence-electron chi connectivity index (χ0n) is 13.4. The minimum atomic E-state index is -0.0835. The van der Waals surface area contributed by atoms with Crippen LogP contribution in [0.2, 0.25) is 0 Å². The maximum absolute atomic E-state index is 12.7. The summed E-state index contributed by atoms with van der Waals surface area (Å²) in [6.07, 6.45) is 6.62. The van der Waals surface area contributed by atoms with Gasteiger partial charge < -0.3 is 4.98 Å². The molecule has 1 aliphatic carbocycles. The molecule has 1 aromatic carbocycles. The summed E-state index contributed by atoms with van der Waals surface area (Å²) in [4.78, 5) is 30.2. The molecule has 1 aromatic heterocycles. The van der Waals surface area contributed by atoms with Crippen LogP contribution in [0.25, 0.3) is 10.9 Å². The van der Waals surface area contributed by atoms with Gasteiger partial charge in [-0.2, -0.15) is 0 Å². The summed E-state index contributed by atoms with van der Waals surface area (Å²) >= 11 is 0. The Bertz CT molecular complexity index is 740. The minimum Gasteiger partial charge on any atom is -0.361 e. The molecular formula is C19H22N2O2. The maximum atomic E-state index is 12.7. The third-order valence-electron chi connectivity index (χ3n) is 5.51. The van der Waals surface area contributed by atoms with E-state index in [4.69, 9.17) is 0 Å². The third kappa shape index (κ3) is 2.28. The fourth-order valence-electron chi connectivity index (χ4n) is 4.33. The van der Waals surface area contributed by atoms with Crippen molar-refractivity contribution in [2.24, 2.45) is 11.8 Å². The smallest absolute Gasteiger partial charge is 0.233 e. The average Bonchev–Trinajstić information content (AvgIpc) is 3.08. The molecule has 1 N–H and O–H groups in total. The highest BCUT2D eigenvalue weighted by Gasteiger charge is 2.49. The first-order valence-corrected chi connectivity index (χ1v) is 8.58. The number of fused-ring (bicyclic) bond motifs is 2. The number of para-hydroxylation sites is 1. The first-order chi connectivity index (χ1) is 11.2. The monoisotopic (exact) mass is 310 g/mol. The lowest BCUT2D eigenvalue weighted by atomic mass is 9.81. The van der Waals surface area contributed by atoms with Gasteiger partial charge in [0.05, 0.1) is 11.8 Å². The van der Waals surface area contributed by atoms with Gasteiger partial charge in [-0.25, -0.2) is 0 Å². The number of imide groups is 1. The zero-order valence-corrected chi connectivity index (χ0v) is 13.4. The van der Waals surface area contributed by atoms with Crippen molar-refractivity contribution in [3.63, 3.8) is 0 Å². The maximum Gasteiger partial charge on any atom is 0.233 e. The molecule has 4 heteroatoms. The second kappa shape index (κ2) is 5.52. The highest BCUT2D eigenvalue weighted by atomic mass is 16.2. The molecule has 2 aromatic rings. The van der Waals surface area contributed by atoms with Crippen molar-refractivity contribution in [1.82, 2.24) is 9.88 Å². The van der Waals surface area contributed by atoms with Crippen molar-refractivity contribution < 1.29 is 9.59 Å². The lowest BCUT2D eigenvalue weighted by Crippen LogP contribution is -2.40. The van der Waals surface area contributed by atoms with Gasteiger partial charge in [-0.1, -0.05) is 31.0 Å². The van der Waals surface area contributed by atoms with E-state index in [9.17, 15) is 9.59 Å². The highest BCUT2D eigenvalue weighted by molar-refractivity contribution is 6.05. The number of hydrogen-bond donors (Lipinski definition) is 1. The van der Waals surface area contributed by atoms with E-state index in [1.54, 1.807) is 4.90 Å². The van der Waals surface area contributed by atoms with Crippen LogP contribution in [0.1, 0.15) is 38.2 Å². The number of aromatic amines is 1. The molecule has 0 radical (unpaired) electrons. The number of carbonyl (C=O) groups excluding carboxylic acids is 2. The molecule has 1 saturated carbocycles. The highest BCUT2D eigenvalue weighted by Crippen LogP contribution is 2.39. The first-order valence-electron chi connectivity index (χ1n) is 8.58. The van der Waals surface area contributed by atoms with E-state index in [0.717, 1.165) is 31.2 Å². The molecule has 0 unspecified atom stereocenters. The number of hydrogen-bond acceptors (Lipinski definition) is 2. The van der Waals surface area contributed by atoms with Gasteiger partial charge in [-0.05, 0) is 37.8 Å². The third-order valence-corrected chi connectivity index (χ3v) is 5.51. The van der Waals surface area contributed by atoms with Crippen LogP contribution < -0.4 is 0 Å². The van der Waals surface area contributed by atoms with Crippen LogP contribution in [0.4, 0.5) is 0 Å². The first kappa shape index (κ1) is 14.5. The van der Waals surface area contributed by atoms with Gasteiger partial charge in [-0.3, -0.25) is 14.5 Å². The van der Waals surface area contributed by atoms with Gasteiger partial charge in [0, 0.05) is 23.1 Å². The molecular weight excluding hydrogens is 288 g/mol. The van der Waals surface area contributed by atoms with Gasteiger partial charge in [0.15, 0.2) is 0 Å². The number of carbonyl (C=O) groups is 2. The number of H-pyrrole nitrogens is 1. The van der Waals surface area contributed by atoms with Crippen molar-refractivity contribution in [3.8, 4) is 0 Å². The second-order valence-corrected chi connectivity index (χ2v) is 6.96. The van der Waals surface area contributed by atoms with Crippen molar-refractivity contribution in [1.29, 1.82) is 0 Å². The molecule has 2 fully saturated rings. The Labute approximate surface area is 135 Å². The molecule has 23 heavy (non-hydrogen) atoms. The number of benzene rings is 1. The van der Waals surface area contributed by atoms with Gasteiger partial charge in [0.2, 0.25) is 11.8 Å². The molecule has 4 rings (SSSR count). The number of rotatable bonds is 3. The van der Waals surface area contributed by atoms with Crippen LogP contribution >= 0.6 is 0 Å². The van der Waals surface area contributed by atoms with Crippen LogP contribution in [0.5, 0.6) is 0 Å². The van der Waals surface area contributed by atoms with Crippen LogP contribution in [0.15, 0.2) is 30.5 Å². The molecule has 2 heterocycles. The van der Waals surface area contributed by atoms with Crippen molar-refractivity contribution >= 4 is 22.7 Å². The Balaban J connectivity index is 1.58. The quantitative estimate of drug-likeness (QED) is 0.885. The van der Waals surface area contributed by atoms with E-state index in [1.807, 2.05) is 31.3 Å². The Kier molecular flexibility index (Phi) is 3.47. The van der Waals surface area contributed by atoms with Gasteiger partial charge >= 0.3 is 0 Å². The summed E-state index contributed by atoms with van der Waals surface area (Å²) in [6, 6.07) is 8.07. The lowest BCUT2D eigenvalue weighted by Gasteiger charge is -2.23.